The molecule has 1 aromatic carbocycles. The molecular weight excluding hydrogens is 490 g/mol. The van der Waals surface area contributed by atoms with E-state index in [4.69, 9.17) is 5.73 Å². The Balaban J connectivity index is 1.69. The number of Topliss-reactive ketones (excluding diaryl/α,β-unsaturated/α-hetero) is 1. The van der Waals surface area contributed by atoms with Gasteiger partial charge in [-0.3, -0.25) is 9.10 Å². The Hall–Kier alpha value is -4.27. The molecule has 3 heterocycles. The Morgan fingerprint density at radius 3 is 2.76 bits per heavy atom. The predicted octanol–water partition coefficient (Wildman–Crippen LogP) is 3.43. The number of anilines is 2. The van der Waals surface area contributed by atoms with E-state index in [1.807, 2.05) is 24.3 Å². The van der Waals surface area contributed by atoms with Crippen LogP contribution in [0.1, 0.15) is 34.3 Å². The molecule has 0 spiro atoms. The number of fused-ring (bicyclic) bond motifs is 1. The van der Waals surface area contributed by atoms with Crippen LogP contribution in [0.2, 0.25) is 0 Å². The van der Waals surface area contributed by atoms with E-state index < -0.39 is 10.0 Å². The number of aromatic nitrogens is 3. The Morgan fingerprint density at radius 1 is 1.22 bits per heavy atom. The standard InChI is InChI=1S/C26H27N7O3S/c1-33(37(2,35)36)26-19(8-5-11-29-26)15-30-24-20(14-28)16-31-25-21(24)13-22(32-25)17-6-3-7-18(12-17)23(34)9-4-10-27/h3,5-8,11-13,16H,4,9-10,15,27H2,1-2H3,(H2,30,31,32). The summed E-state index contributed by atoms with van der Waals surface area (Å²) in [4.78, 5) is 24.4. The second-order valence-electron chi connectivity index (χ2n) is 8.57. The molecule has 0 bridgehead atoms. The molecule has 0 saturated carbocycles. The number of benzene rings is 1. The van der Waals surface area contributed by atoms with Crippen LogP contribution in [0, 0.1) is 11.3 Å². The first-order valence-electron chi connectivity index (χ1n) is 11.6. The van der Waals surface area contributed by atoms with Gasteiger partial charge >= 0.3 is 0 Å². The Bertz CT molecular complexity index is 1610. The number of nitrogens with one attached hydrogen (secondary N) is 2. The summed E-state index contributed by atoms with van der Waals surface area (Å²) in [5, 5.41) is 13.7. The van der Waals surface area contributed by atoms with Crippen LogP contribution in [0.4, 0.5) is 11.5 Å². The average molecular weight is 518 g/mol. The van der Waals surface area contributed by atoms with Crippen molar-refractivity contribution in [2.45, 2.75) is 19.4 Å². The van der Waals surface area contributed by atoms with Crippen molar-refractivity contribution in [1.29, 1.82) is 5.26 Å². The van der Waals surface area contributed by atoms with Crippen molar-refractivity contribution in [3.8, 4) is 17.3 Å². The number of aromatic amines is 1. The molecule has 190 valence electrons. The van der Waals surface area contributed by atoms with Gasteiger partial charge in [-0.2, -0.15) is 5.26 Å². The van der Waals surface area contributed by atoms with Crippen LogP contribution >= 0.6 is 0 Å². The van der Waals surface area contributed by atoms with E-state index in [0.717, 1.165) is 21.8 Å². The summed E-state index contributed by atoms with van der Waals surface area (Å²) in [6.45, 7) is 0.684. The highest BCUT2D eigenvalue weighted by Crippen LogP contribution is 2.32. The summed E-state index contributed by atoms with van der Waals surface area (Å²) in [7, 11) is -2.06. The van der Waals surface area contributed by atoms with Crippen LogP contribution < -0.4 is 15.4 Å². The van der Waals surface area contributed by atoms with Crippen LogP contribution in [-0.2, 0) is 16.6 Å². The third-order valence-corrected chi connectivity index (χ3v) is 7.17. The topological polar surface area (TPSA) is 158 Å². The fourth-order valence-electron chi connectivity index (χ4n) is 3.97. The SMILES string of the molecule is CN(c1ncccc1CNc1c(C#N)cnc2[nH]c(-c3cccc(C(=O)CCCN)c3)cc12)S(C)(=O)=O. The molecule has 4 N–H and O–H groups in total. The van der Waals surface area contributed by atoms with Gasteiger partial charge in [-0.15, -0.1) is 0 Å². The molecule has 0 aliphatic heterocycles. The van der Waals surface area contributed by atoms with Gasteiger partial charge in [0.05, 0.1) is 17.5 Å². The molecule has 4 aromatic rings. The van der Waals surface area contributed by atoms with Gasteiger partial charge < -0.3 is 16.0 Å². The van der Waals surface area contributed by atoms with E-state index in [1.165, 1.54) is 19.4 Å². The Morgan fingerprint density at radius 2 is 2.03 bits per heavy atom. The highest BCUT2D eigenvalue weighted by atomic mass is 32.2. The zero-order valence-corrected chi connectivity index (χ0v) is 21.3. The molecule has 0 saturated heterocycles. The maximum absolute atomic E-state index is 12.5. The molecule has 0 atom stereocenters. The van der Waals surface area contributed by atoms with E-state index in [9.17, 15) is 18.5 Å². The van der Waals surface area contributed by atoms with Crippen molar-refractivity contribution in [2.75, 3.05) is 29.5 Å². The van der Waals surface area contributed by atoms with E-state index in [0.29, 0.717) is 58.6 Å². The number of H-pyrrole nitrogens is 1. The van der Waals surface area contributed by atoms with Crippen LogP contribution in [0.3, 0.4) is 0 Å². The zero-order chi connectivity index (χ0) is 26.6. The number of hydrogen-bond acceptors (Lipinski definition) is 8. The van der Waals surface area contributed by atoms with Gasteiger partial charge in [-0.25, -0.2) is 18.4 Å². The number of carbonyl (C=O) groups is 1. The third kappa shape index (κ3) is 5.61. The summed E-state index contributed by atoms with van der Waals surface area (Å²) >= 11 is 0. The number of sulfonamides is 1. The van der Waals surface area contributed by atoms with Gasteiger partial charge in [0.25, 0.3) is 0 Å². The Labute approximate surface area is 215 Å². The first-order valence-corrected chi connectivity index (χ1v) is 13.4. The number of carbonyl (C=O) groups excluding carboxylic acids is 1. The molecular formula is C26H27N7O3S. The number of ketones is 1. The first-order chi connectivity index (χ1) is 17.7. The van der Waals surface area contributed by atoms with Crippen molar-refractivity contribution in [1.82, 2.24) is 15.0 Å². The van der Waals surface area contributed by atoms with Gasteiger partial charge in [0, 0.05) is 54.6 Å². The normalized spacial score (nSPS) is 11.3. The second kappa shape index (κ2) is 10.8. The number of pyridine rings is 2. The molecule has 0 aliphatic carbocycles. The fourth-order valence-corrected chi connectivity index (χ4v) is 4.44. The number of rotatable bonds is 10. The van der Waals surface area contributed by atoms with E-state index in [2.05, 4.69) is 26.3 Å². The first kappa shape index (κ1) is 25.8. The maximum Gasteiger partial charge on any atom is 0.233 e. The minimum absolute atomic E-state index is 0.0296. The lowest BCUT2D eigenvalue weighted by molar-refractivity contribution is 0.0981. The van der Waals surface area contributed by atoms with Gasteiger partial charge in [0.15, 0.2) is 5.78 Å². The van der Waals surface area contributed by atoms with Crippen molar-refractivity contribution >= 4 is 38.3 Å². The van der Waals surface area contributed by atoms with Crippen molar-refractivity contribution < 1.29 is 13.2 Å². The zero-order valence-electron chi connectivity index (χ0n) is 20.5. The number of hydrogen-bond donors (Lipinski definition) is 3. The van der Waals surface area contributed by atoms with Crippen LogP contribution in [-0.4, -0.2) is 49.0 Å². The molecule has 0 radical (unpaired) electrons. The lowest BCUT2D eigenvalue weighted by Crippen LogP contribution is -2.27. The minimum Gasteiger partial charge on any atom is -0.379 e. The van der Waals surface area contributed by atoms with Crippen molar-refractivity contribution in [3.05, 3.63) is 71.5 Å². The van der Waals surface area contributed by atoms with E-state index in [1.54, 1.807) is 18.2 Å². The highest BCUT2D eigenvalue weighted by molar-refractivity contribution is 7.92. The number of nitriles is 1. The molecule has 10 nitrogen and oxygen atoms in total. The molecule has 3 aromatic heterocycles. The molecule has 0 aliphatic rings. The molecule has 4 rings (SSSR count). The van der Waals surface area contributed by atoms with Crippen molar-refractivity contribution in [2.24, 2.45) is 5.73 Å². The largest absolute Gasteiger partial charge is 0.379 e. The molecule has 0 unspecified atom stereocenters. The summed E-state index contributed by atoms with van der Waals surface area (Å²) in [6.07, 6.45) is 5.13. The van der Waals surface area contributed by atoms with Crippen LogP contribution in [0.25, 0.3) is 22.3 Å². The van der Waals surface area contributed by atoms with E-state index in [-0.39, 0.29) is 12.3 Å². The smallest absolute Gasteiger partial charge is 0.233 e. The Kier molecular flexibility index (Phi) is 7.52. The minimum atomic E-state index is -3.51. The summed E-state index contributed by atoms with van der Waals surface area (Å²) in [6, 6.07) is 14.9. The highest BCUT2D eigenvalue weighted by Gasteiger charge is 2.18. The number of nitrogens with zero attached hydrogens (tertiary/aromatic N) is 4. The quantitative estimate of drug-likeness (QED) is 0.270. The van der Waals surface area contributed by atoms with Crippen LogP contribution in [0.5, 0.6) is 0 Å². The summed E-state index contributed by atoms with van der Waals surface area (Å²) in [5.74, 6) is 0.328. The molecule has 37 heavy (non-hydrogen) atoms. The summed E-state index contributed by atoms with van der Waals surface area (Å²) < 4.78 is 25.3. The van der Waals surface area contributed by atoms with Gasteiger partial charge in [0.1, 0.15) is 17.5 Å². The van der Waals surface area contributed by atoms with Crippen molar-refractivity contribution in [3.63, 3.8) is 0 Å². The lowest BCUT2D eigenvalue weighted by Gasteiger charge is -2.19. The summed E-state index contributed by atoms with van der Waals surface area (Å²) in [5.41, 5.74) is 9.80. The second-order valence-corrected chi connectivity index (χ2v) is 10.6. The lowest BCUT2D eigenvalue weighted by atomic mass is 10.0. The fraction of sp³-hybridized carbons (Fsp3) is 0.231. The molecule has 0 amide bonds. The average Bonchev–Trinajstić information content (AvgIpc) is 3.34. The van der Waals surface area contributed by atoms with E-state index >= 15 is 0 Å². The molecule has 0 fully saturated rings. The molecule has 11 heteroatoms. The maximum atomic E-state index is 12.5. The predicted molar refractivity (Wildman–Crippen MR) is 144 cm³/mol. The van der Waals surface area contributed by atoms with Gasteiger partial charge in [-0.05, 0) is 36.7 Å². The number of nitrogens with two attached hydrogens (primary N) is 1. The monoisotopic (exact) mass is 517 g/mol. The van der Waals surface area contributed by atoms with Crippen LogP contribution in [0.15, 0.2) is 54.9 Å². The third-order valence-electron chi connectivity index (χ3n) is 6.00. The van der Waals surface area contributed by atoms with Gasteiger partial charge in [-0.1, -0.05) is 24.3 Å². The van der Waals surface area contributed by atoms with Gasteiger partial charge in [0.2, 0.25) is 10.0 Å².